The smallest absolute Gasteiger partial charge is 0.203 e. The number of aromatic nitrogens is 1. The van der Waals surface area contributed by atoms with Gasteiger partial charge in [-0.25, -0.2) is 4.98 Å². The van der Waals surface area contributed by atoms with Crippen LogP contribution in [0.1, 0.15) is 16.8 Å². The topological polar surface area (TPSA) is 46.5 Å². The number of hydrogen-bond donors (Lipinski definition) is 1. The van der Waals surface area contributed by atoms with Crippen molar-refractivity contribution in [3.8, 4) is 5.75 Å². The van der Waals surface area contributed by atoms with Crippen molar-refractivity contribution in [3.63, 3.8) is 0 Å². The molecule has 0 fully saturated rings. The van der Waals surface area contributed by atoms with Crippen molar-refractivity contribution in [1.82, 2.24) is 4.98 Å². The molecule has 2 aromatic carbocycles. The fraction of sp³-hybridized carbons (Fsp3) is 0.158. The van der Waals surface area contributed by atoms with Gasteiger partial charge in [-0.15, -0.1) is 11.3 Å². The van der Waals surface area contributed by atoms with Crippen LogP contribution in [0.5, 0.6) is 5.75 Å². The van der Waals surface area contributed by atoms with Crippen molar-refractivity contribution in [2.24, 2.45) is 5.10 Å². The van der Waals surface area contributed by atoms with Crippen LogP contribution in [0.25, 0.3) is 0 Å². The Morgan fingerprint density at radius 1 is 1.12 bits per heavy atom. The number of para-hydroxylation sites is 1. The second kappa shape index (κ2) is 8.26. The van der Waals surface area contributed by atoms with Gasteiger partial charge in [0, 0.05) is 17.4 Å². The first-order valence-electron chi connectivity index (χ1n) is 7.78. The van der Waals surface area contributed by atoms with E-state index in [0.29, 0.717) is 6.61 Å². The molecule has 1 N–H and O–H groups in total. The zero-order valence-corrected chi connectivity index (χ0v) is 14.3. The average molecular weight is 337 g/mol. The van der Waals surface area contributed by atoms with Gasteiger partial charge in [-0.1, -0.05) is 42.5 Å². The monoisotopic (exact) mass is 337 g/mol. The highest BCUT2D eigenvalue weighted by molar-refractivity contribution is 7.13. The van der Waals surface area contributed by atoms with E-state index in [0.717, 1.165) is 28.6 Å². The van der Waals surface area contributed by atoms with Crippen LogP contribution in [0, 0.1) is 6.92 Å². The number of thiazole rings is 1. The van der Waals surface area contributed by atoms with Gasteiger partial charge in [-0.2, -0.15) is 5.10 Å². The Morgan fingerprint density at radius 2 is 1.92 bits per heavy atom. The average Bonchev–Trinajstić information content (AvgIpc) is 3.02. The molecule has 0 aliphatic carbocycles. The predicted octanol–water partition coefficient (Wildman–Crippen LogP) is 4.52. The molecule has 1 heterocycles. The minimum atomic E-state index is 0.633. The second-order valence-corrected chi connectivity index (χ2v) is 6.14. The first-order chi connectivity index (χ1) is 11.8. The first kappa shape index (κ1) is 16.2. The molecule has 0 aliphatic rings. The summed E-state index contributed by atoms with van der Waals surface area (Å²) < 4.78 is 5.92. The van der Waals surface area contributed by atoms with Gasteiger partial charge < -0.3 is 4.74 Å². The van der Waals surface area contributed by atoms with Crippen molar-refractivity contribution in [3.05, 3.63) is 76.8 Å². The predicted molar refractivity (Wildman–Crippen MR) is 100 cm³/mol. The van der Waals surface area contributed by atoms with Crippen LogP contribution >= 0.6 is 11.3 Å². The van der Waals surface area contributed by atoms with E-state index in [1.807, 2.05) is 54.8 Å². The highest BCUT2D eigenvalue weighted by Gasteiger charge is 2.01. The fourth-order valence-corrected chi connectivity index (χ4v) is 2.84. The van der Waals surface area contributed by atoms with Crippen LogP contribution in [0.3, 0.4) is 0 Å². The minimum Gasteiger partial charge on any atom is -0.493 e. The van der Waals surface area contributed by atoms with E-state index >= 15 is 0 Å². The number of ether oxygens (including phenoxy) is 1. The Hall–Kier alpha value is -2.66. The molecule has 5 heteroatoms. The number of benzene rings is 2. The van der Waals surface area contributed by atoms with E-state index in [1.54, 1.807) is 6.21 Å². The molecule has 3 aromatic rings. The Labute approximate surface area is 145 Å². The summed E-state index contributed by atoms with van der Waals surface area (Å²) in [5, 5.41) is 7.01. The zero-order chi connectivity index (χ0) is 16.6. The first-order valence-corrected chi connectivity index (χ1v) is 8.66. The number of anilines is 1. The molecule has 0 spiro atoms. The molecule has 122 valence electrons. The number of aryl methyl sites for hydroxylation is 1. The zero-order valence-electron chi connectivity index (χ0n) is 13.5. The van der Waals surface area contributed by atoms with Crippen LogP contribution in [0.4, 0.5) is 5.13 Å². The summed E-state index contributed by atoms with van der Waals surface area (Å²) in [4.78, 5) is 4.31. The quantitative estimate of drug-likeness (QED) is 0.509. The summed E-state index contributed by atoms with van der Waals surface area (Å²) in [7, 11) is 0. The standard InChI is InChI=1S/C19H19N3OS/c1-15-14-24-19(21-15)22-20-13-17-9-5-6-10-18(17)23-12-11-16-7-3-2-4-8-16/h2-10,13-14H,11-12H2,1H3,(H,21,22). The Morgan fingerprint density at radius 3 is 2.71 bits per heavy atom. The van der Waals surface area contributed by atoms with Crippen molar-refractivity contribution in [2.45, 2.75) is 13.3 Å². The fourth-order valence-electron chi connectivity index (χ4n) is 2.20. The molecule has 1 aromatic heterocycles. The maximum Gasteiger partial charge on any atom is 0.203 e. The molecule has 0 aliphatic heterocycles. The molecule has 0 amide bonds. The van der Waals surface area contributed by atoms with Gasteiger partial charge in [-0.05, 0) is 24.6 Å². The van der Waals surface area contributed by atoms with E-state index < -0.39 is 0 Å². The third-order valence-corrected chi connectivity index (χ3v) is 4.26. The minimum absolute atomic E-state index is 0.633. The van der Waals surface area contributed by atoms with Gasteiger partial charge in [-0.3, -0.25) is 5.43 Å². The van der Waals surface area contributed by atoms with Gasteiger partial charge in [0.1, 0.15) is 5.75 Å². The van der Waals surface area contributed by atoms with E-state index in [-0.39, 0.29) is 0 Å². The molecule has 0 atom stereocenters. The Balaban J connectivity index is 1.58. The van der Waals surface area contributed by atoms with E-state index in [4.69, 9.17) is 4.74 Å². The van der Waals surface area contributed by atoms with Gasteiger partial charge in [0.05, 0.1) is 18.5 Å². The molecule has 0 saturated heterocycles. The molecule has 3 rings (SSSR count). The van der Waals surface area contributed by atoms with Crippen molar-refractivity contribution >= 4 is 22.7 Å². The van der Waals surface area contributed by atoms with Crippen LogP contribution in [0.15, 0.2) is 65.1 Å². The molecule has 4 nitrogen and oxygen atoms in total. The summed E-state index contributed by atoms with van der Waals surface area (Å²) in [5.41, 5.74) is 6.14. The molecule has 0 saturated carbocycles. The molecule has 24 heavy (non-hydrogen) atoms. The summed E-state index contributed by atoms with van der Waals surface area (Å²) in [6.45, 7) is 2.59. The van der Waals surface area contributed by atoms with Gasteiger partial charge in [0.25, 0.3) is 0 Å². The van der Waals surface area contributed by atoms with Gasteiger partial charge in [0.2, 0.25) is 5.13 Å². The Kier molecular flexibility index (Phi) is 5.58. The lowest BCUT2D eigenvalue weighted by atomic mass is 10.2. The number of hydrazone groups is 1. The third kappa shape index (κ3) is 4.67. The summed E-state index contributed by atoms with van der Waals surface area (Å²) in [6, 6.07) is 18.2. The maximum atomic E-state index is 5.92. The van der Waals surface area contributed by atoms with E-state index in [9.17, 15) is 0 Å². The lowest BCUT2D eigenvalue weighted by Crippen LogP contribution is -2.03. The maximum absolute atomic E-state index is 5.92. The van der Waals surface area contributed by atoms with E-state index in [1.165, 1.54) is 16.9 Å². The van der Waals surface area contributed by atoms with Crippen molar-refractivity contribution < 1.29 is 4.74 Å². The normalized spacial score (nSPS) is 10.9. The summed E-state index contributed by atoms with van der Waals surface area (Å²) >= 11 is 1.53. The van der Waals surface area contributed by atoms with Crippen LogP contribution in [0.2, 0.25) is 0 Å². The number of rotatable bonds is 7. The highest BCUT2D eigenvalue weighted by Crippen LogP contribution is 2.17. The summed E-state index contributed by atoms with van der Waals surface area (Å²) in [5.74, 6) is 0.828. The Bertz CT molecular complexity index is 799. The number of hydrogen-bond acceptors (Lipinski definition) is 5. The second-order valence-electron chi connectivity index (χ2n) is 5.29. The van der Waals surface area contributed by atoms with E-state index in [2.05, 4.69) is 27.6 Å². The number of nitrogens with zero attached hydrogens (tertiary/aromatic N) is 2. The van der Waals surface area contributed by atoms with Gasteiger partial charge in [0.15, 0.2) is 0 Å². The SMILES string of the molecule is Cc1csc(NN=Cc2ccccc2OCCc2ccccc2)n1. The summed E-state index contributed by atoms with van der Waals surface area (Å²) in [6.07, 6.45) is 2.64. The molecule has 0 unspecified atom stereocenters. The lowest BCUT2D eigenvalue weighted by Gasteiger charge is -2.09. The number of nitrogens with one attached hydrogen (secondary N) is 1. The highest BCUT2D eigenvalue weighted by atomic mass is 32.1. The van der Waals surface area contributed by atoms with Crippen LogP contribution < -0.4 is 10.2 Å². The molecular formula is C19H19N3OS. The largest absolute Gasteiger partial charge is 0.493 e. The van der Waals surface area contributed by atoms with Crippen LogP contribution in [-0.4, -0.2) is 17.8 Å². The van der Waals surface area contributed by atoms with Crippen molar-refractivity contribution in [2.75, 3.05) is 12.0 Å². The van der Waals surface area contributed by atoms with Crippen LogP contribution in [-0.2, 0) is 6.42 Å². The van der Waals surface area contributed by atoms with Gasteiger partial charge >= 0.3 is 0 Å². The molecule has 0 bridgehead atoms. The lowest BCUT2D eigenvalue weighted by molar-refractivity contribution is 0.321. The third-order valence-electron chi connectivity index (χ3n) is 3.39. The molecular weight excluding hydrogens is 318 g/mol. The van der Waals surface area contributed by atoms with Crippen molar-refractivity contribution in [1.29, 1.82) is 0 Å². The molecule has 0 radical (unpaired) electrons.